The number of methoxy groups -OCH3 is 1. The number of Topliss-reactive ketones (excluding diaryl/α,β-unsaturated/α-hetero) is 1. The SMILES string of the molecule is COC(=O)c1cccc(C(=O)ON2CCC(C(=O)Cc3cccc(F)c3)CC2)c1. The summed E-state index contributed by atoms with van der Waals surface area (Å²) in [5, 5.41) is 1.53. The van der Waals surface area contributed by atoms with Gasteiger partial charge in [-0.05, 0) is 48.7 Å². The molecule has 0 N–H and O–H groups in total. The Bertz CT molecular complexity index is 906. The Morgan fingerprint density at radius 2 is 1.66 bits per heavy atom. The van der Waals surface area contributed by atoms with Gasteiger partial charge in [-0.2, -0.15) is 0 Å². The van der Waals surface area contributed by atoms with Crippen molar-refractivity contribution in [2.75, 3.05) is 20.2 Å². The third-order valence-electron chi connectivity index (χ3n) is 4.91. The highest BCUT2D eigenvalue weighted by atomic mass is 19.1. The molecule has 1 aliphatic heterocycles. The molecule has 1 fully saturated rings. The number of benzene rings is 2. The lowest BCUT2D eigenvalue weighted by molar-refractivity contribution is -0.138. The largest absolute Gasteiger partial charge is 0.465 e. The van der Waals surface area contributed by atoms with Crippen molar-refractivity contribution >= 4 is 17.7 Å². The first kappa shape index (κ1) is 20.7. The zero-order chi connectivity index (χ0) is 20.8. The van der Waals surface area contributed by atoms with Gasteiger partial charge in [-0.25, -0.2) is 14.0 Å². The van der Waals surface area contributed by atoms with E-state index in [2.05, 4.69) is 4.74 Å². The second-order valence-electron chi connectivity index (χ2n) is 6.93. The third kappa shape index (κ3) is 5.48. The van der Waals surface area contributed by atoms with Crippen molar-refractivity contribution < 1.29 is 28.3 Å². The number of rotatable bonds is 6. The molecule has 2 aromatic carbocycles. The van der Waals surface area contributed by atoms with Gasteiger partial charge in [0.05, 0.1) is 18.2 Å². The second kappa shape index (κ2) is 9.43. The summed E-state index contributed by atoms with van der Waals surface area (Å²) in [5.74, 6) is -1.53. The van der Waals surface area contributed by atoms with Gasteiger partial charge < -0.3 is 9.57 Å². The Labute approximate surface area is 168 Å². The summed E-state index contributed by atoms with van der Waals surface area (Å²) in [4.78, 5) is 41.8. The fourth-order valence-electron chi connectivity index (χ4n) is 3.32. The predicted octanol–water partition coefficient (Wildman–Crippen LogP) is 3.21. The Balaban J connectivity index is 1.51. The van der Waals surface area contributed by atoms with Gasteiger partial charge in [0, 0.05) is 25.4 Å². The molecule has 0 bridgehead atoms. The molecule has 29 heavy (non-hydrogen) atoms. The maximum atomic E-state index is 13.3. The third-order valence-corrected chi connectivity index (χ3v) is 4.91. The standard InChI is InChI=1S/C22H22FNO5/c1-28-21(26)17-5-3-6-18(14-17)22(27)29-24-10-8-16(9-11-24)20(25)13-15-4-2-7-19(23)12-15/h2-7,12,14,16H,8-11,13H2,1H3. The van der Waals surface area contributed by atoms with Gasteiger partial charge in [0.1, 0.15) is 11.6 Å². The van der Waals surface area contributed by atoms with Crippen molar-refractivity contribution in [2.24, 2.45) is 5.92 Å². The molecule has 0 aliphatic carbocycles. The number of hydroxylamine groups is 2. The number of esters is 1. The van der Waals surface area contributed by atoms with Gasteiger partial charge in [-0.15, -0.1) is 5.06 Å². The first-order valence-electron chi connectivity index (χ1n) is 9.39. The number of ether oxygens (including phenoxy) is 1. The fraction of sp³-hybridized carbons (Fsp3) is 0.318. The summed E-state index contributed by atoms with van der Waals surface area (Å²) in [5.41, 5.74) is 1.18. The van der Waals surface area contributed by atoms with Gasteiger partial charge >= 0.3 is 11.9 Å². The Morgan fingerprint density at radius 1 is 1.00 bits per heavy atom. The van der Waals surface area contributed by atoms with Gasteiger partial charge in [0.2, 0.25) is 0 Å². The topological polar surface area (TPSA) is 72.9 Å². The van der Waals surface area contributed by atoms with E-state index in [9.17, 15) is 18.8 Å². The van der Waals surface area contributed by atoms with E-state index in [1.54, 1.807) is 30.3 Å². The number of piperidine rings is 1. The van der Waals surface area contributed by atoms with Crippen molar-refractivity contribution in [2.45, 2.75) is 19.3 Å². The molecule has 0 saturated carbocycles. The molecule has 0 unspecified atom stereocenters. The molecule has 0 amide bonds. The number of halogens is 1. The molecule has 0 radical (unpaired) electrons. The number of nitrogens with zero attached hydrogens (tertiary/aromatic N) is 1. The van der Waals surface area contributed by atoms with Crippen molar-refractivity contribution in [1.29, 1.82) is 0 Å². The summed E-state index contributed by atoms with van der Waals surface area (Å²) in [6.07, 6.45) is 1.32. The molecule has 2 aromatic rings. The van der Waals surface area contributed by atoms with E-state index in [1.165, 1.54) is 30.4 Å². The van der Waals surface area contributed by atoms with Gasteiger partial charge in [-0.1, -0.05) is 18.2 Å². The zero-order valence-electron chi connectivity index (χ0n) is 16.1. The van der Waals surface area contributed by atoms with Crippen molar-refractivity contribution in [3.8, 4) is 0 Å². The number of carbonyl (C=O) groups excluding carboxylic acids is 3. The smallest absolute Gasteiger partial charge is 0.357 e. The van der Waals surface area contributed by atoms with Crippen LogP contribution in [0.25, 0.3) is 0 Å². The number of ketones is 1. The molecule has 1 saturated heterocycles. The van der Waals surface area contributed by atoms with Gasteiger partial charge in [0.25, 0.3) is 0 Å². The summed E-state index contributed by atoms with van der Waals surface area (Å²) >= 11 is 0. The van der Waals surface area contributed by atoms with Crippen LogP contribution in [0.2, 0.25) is 0 Å². The molecule has 3 rings (SSSR count). The average molecular weight is 399 g/mol. The number of hydrogen-bond acceptors (Lipinski definition) is 6. The molecule has 152 valence electrons. The zero-order valence-corrected chi connectivity index (χ0v) is 16.1. The Kier molecular flexibility index (Phi) is 6.72. The van der Waals surface area contributed by atoms with Crippen LogP contribution < -0.4 is 0 Å². The quantitative estimate of drug-likeness (QED) is 0.695. The Morgan fingerprint density at radius 3 is 2.31 bits per heavy atom. The van der Waals surface area contributed by atoms with E-state index in [0.717, 1.165) is 0 Å². The van der Waals surface area contributed by atoms with Crippen molar-refractivity contribution in [3.63, 3.8) is 0 Å². The van der Waals surface area contributed by atoms with Crippen molar-refractivity contribution in [3.05, 3.63) is 71.0 Å². The molecular weight excluding hydrogens is 377 g/mol. The van der Waals surface area contributed by atoms with Crippen LogP contribution in [0, 0.1) is 11.7 Å². The molecule has 6 nitrogen and oxygen atoms in total. The van der Waals surface area contributed by atoms with Crippen LogP contribution in [-0.4, -0.2) is 43.0 Å². The van der Waals surface area contributed by atoms with E-state index < -0.39 is 11.9 Å². The van der Waals surface area contributed by atoms with Crippen LogP contribution in [0.5, 0.6) is 0 Å². The average Bonchev–Trinajstić information content (AvgIpc) is 2.73. The fourth-order valence-corrected chi connectivity index (χ4v) is 3.32. The van der Waals surface area contributed by atoms with Crippen LogP contribution in [-0.2, 0) is 20.8 Å². The minimum absolute atomic E-state index is 0.0624. The summed E-state index contributed by atoms with van der Waals surface area (Å²) in [6.45, 7) is 0.865. The Hall–Kier alpha value is -3.06. The maximum Gasteiger partial charge on any atom is 0.357 e. The highest BCUT2D eigenvalue weighted by molar-refractivity contribution is 5.95. The lowest BCUT2D eigenvalue weighted by Gasteiger charge is -2.29. The van der Waals surface area contributed by atoms with E-state index in [4.69, 9.17) is 4.84 Å². The highest BCUT2D eigenvalue weighted by Crippen LogP contribution is 2.21. The van der Waals surface area contributed by atoms with E-state index in [1.807, 2.05) is 0 Å². The molecule has 0 spiro atoms. The van der Waals surface area contributed by atoms with E-state index >= 15 is 0 Å². The number of hydrogen-bond donors (Lipinski definition) is 0. The van der Waals surface area contributed by atoms with Crippen LogP contribution >= 0.6 is 0 Å². The van der Waals surface area contributed by atoms with E-state index in [-0.39, 0.29) is 35.1 Å². The lowest BCUT2D eigenvalue weighted by Crippen LogP contribution is -2.38. The minimum atomic E-state index is -0.569. The lowest BCUT2D eigenvalue weighted by atomic mass is 9.90. The number of carbonyl (C=O) groups is 3. The summed E-state index contributed by atoms with van der Waals surface area (Å²) < 4.78 is 17.9. The van der Waals surface area contributed by atoms with Gasteiger partial charge in [0.15, 0.2) is 0 Å². The first-order chi connectivity index (χ1) is 14.0. The van der Waals surface area contributed by atoms with Crippen LogP contribution in [0.3, 0.4) is 0 Å². The molecule has 1 heterocycles. The molecular formula is C22H22FNO5. The molecule has 1 aliphatic rings. The van der Waals surface area contributed by atoms with Crippen LogP contribution in [0.4, 0.5) is 4.39 Å². The first-order valence-corrected chi connectivity index (χ1v) is 9.39. The summed E-state index contributed by atoms with van der Waals surface area (Å²) in [6, 6.07) is 12.2. The molecule has 0 aromatic heterocycles. The normalized spacial score (nSPS) is 15.0. The molecule has 7 heteroatoms. The predicted molar refractivity (Wildman–Crippen MR) is 103 cm³/mol. The minimum Gasteiger partial charge on any atom is -0.465 e. The summed E-state index contributed by atoms with van der Waals surface area (Å²) in [7, 11) is 1.27. The monoisotopic (exact) mass is 399 g/mol. The van der Waals surface area contributed by atoms with Crippen LogP contribution in [0.15, 0.2) is 48.5 Å². The van der Waals surface area contributed by atoms with Crippen LogP contribution in [0.1, 0.15) is 39.1 Å². The van der Waals surface area contributed by atoms with Crippen molar-refractivity contribution in [1.82, 2.24) is 5.06 Å². The van der Waals surface area contributed by atoms with Gasteiger partial charge in [-0.3, -0.25) is 4.79 Å². The maximum absolute atomic E-state index is 13.3. The van der Waals surface area contributed by atoms with E-state index in [0.29, 0.717) is 31.5 Å². The second-order valence-corrected chi connectivity index (χ2v) is 6.93. The molecule has 0 atom stereocenters. The highest BCUT2D eigenvalue weighted by Gasteiger charge is 2.27.